The van der Waals surface area contributed by atoms with Crippen LogP contribution in [0.25, 0.3) is 11.3 Å². The van der Waals surface area contributed by atoms with E-state index in [1.165, 1.54) is 0 Å². The van der Waals surface area contributed by atoms with Gasteiger partial charge in [-0.15, -0.1) is 0 Å². The lowest BCUT2D eigenvalue weighted by Crippen LogP contribution is -1.80. The summed E-state index contributed by atoms with van der Waals surface area (Å²) < 4.78 is 0.962. The third kappa shape index (κ3) is 1.62. The Morgan fingerprint density at radius 3 is 2.85 bits per heavy atom. The fraction of sp³-hybridized carbons (Fsp3) is 0. The number of aromatic amines is 1. The maximum atomic E-state index is 6.04. The van der Waals surface area contributed by atoms with Gasteiger partial charge in [-0.1, -0.05) is 33.6 Å². The standard InChI is InChI=1S/C9H6BrClN2/c10-6-2-1-3-7(11)9(6)8-4-12-5-13-8/h1-5H,(H,12,13). The zero-order valence-electron chi connectivity index (χ0n) is 6.59. The molecule has 1 aromatic heterocycles. The molecule has 0 unspecified atom stereocenters. The lowest BCUT2D eigenvalue weighted by molar-refractivity contribution is 1.31. The number of nitrogens with one attached hydrogen (secondary N) is 1. The Balaban J connectivity index is 2.64. The van der Waals surface area contributed by atoms with Crippen molar-refractivity contribution in [1.29, 1.82) is 0 Å². The van der Waals surface area contributed by atoms with Crippen molar-refractivity contribution in [3.63, 3.8) is 0 Å². The van der Waals surface area contributed by atoms with Crippen LogP contribution in [0, 0.1) is 0 Å². The van der Waals surface area contributed by atoms with E-state index in [1.54, 1.807) is 12.5 Å². The van der Waals surface area contributed by atoms with Crippen molar-refractivity contribution in [2.75, 3.05) is 0 Å². The van der Waals surface area contributed by atoms with Crippen LogP contribution < -0.4 is 0 Å². The first-order valence-corrected chi connectivity index (χ1v) is 4.89. The fourth-order valence-electron chi connectivity index (χ4n) is 1.15. The molecule has 0 aliphatic heterocycles. The van der Waals surface area contributed by atoms with Crippen LogP contribution in [-0.2, 0) is 0 Å². The lowest BCUT2D eigenvalue weighted by atomic mass is 10.2. The Morgan fingerprint density at radius 1 is 1.38 bits per heavy atom. The molecule has 2 rings (SSSR count). The summed E-state index contributed by atoms with van der Waals surface area (Å²) in [5.41, 5.74) is 1.86. The van der Waals surface area contributed by atoms with Gasteiger partial charge in [-0.2, -0.15) is 0 Å². The quantitative estimate of drug-likeness (QED) is 0.832. The predicted molar refractivity (Wildman–Crippen MR) is 56.7 cm³/mol. The molecular formula is C9H6BrClN2. The summed E-state index contributed by atoms with van der Waals surface area (Å²) in [6.07, 6.45) is 3.37. The molecule has 0 atom stereocenters. The molecule has 0 radical (unpaired) electrons. The molecule has 2 aromatic rings. The van der Waals surface area contributed by atoms with Gasteiger partial charge in [0.25, 0.3) is 0 Å². The van der Waals surface area contributed by atoms with Gasteiger partial charge in [-0.25, -0.2) is 4.98 Å². The Morgan fingerprint density at radius 2 is 2.23 bits per heavy atom. The van der Waals surface area contributed by atoms with Crippen LogP contribution in [0.15, 0.2) is 35.2 Å². The molecule has 2 nitrogen and oxygen atoms in total. The van der Waals surface area contributed by atoms with Crippen molar-refractivity contribution in [3.05, 3.63) is 40.2 Å². The van der Waals surface area contributed by atoms with Crippen molar-refractivity contribution in [2.24, 2.45) is 0 Å². The highest BCUT2D eigenvalue weighted by Crippen LogP contribution is 2.32. The molecule has 0 saturated carbocycles. The van der Waals surface area contributed by atoms with Crippen molar-refractivity contribution in [1.82, 2.24) is 9.97 Å². The second-order valence-electron chi connectivity index (χ2n) is 2.56. The van der Waals surface area contributed by atoms with Gasteiger partial charge in [0, 0.05) is 10.0 Å². The molecule has 0 aliphatic rings. The van der Waals surface area contributed by atoms with Gasteiger partial charge in [-0.05, 0) is 12.1 Å². The van der Waals surface area contributed by atoms with Gasteiger partial charge in [0.05, 0.1) is 23.2 Å². The van der Waals surface area contributed by atoms with E-state index in [9.17, 15) is 0 Å². The molecular weight excluding hydrogens is 251 g/mol. The Hall–Kier alpha value is -0.800. The molecule has 4 heteroatoms. The highest BCUT2D eigenvalue weighted by Gasteiger charge is 2.07. The number of hydrogen-bond acceptors (Lipinski definition) is 1. The van der Waals surface area contributed by atoms with Gasteiger partial charge in [-0.3, -0.25) is 0 Å². The van der Waals surface area contributed by atoms with E-state index in [1.807, 2.05) is 18.2 Å². The SMILES string of the molecule is Clc1cccc(Br)c1-c1cnc[nH]1. The van der Waals surface area contributed by atoms with Crippen molar-refractivity contribution < 1.29 is 0 Å². The topological polar surface area (TPSA) is 28.7 Å². The lowest BCUT2D eigenvalue weighted by Gasteiger charge is -2.03. The molecule has 0 amide bonds. The number of hydrogen-bond donors (Lipinski definition) is 1. The van der Waals surface area contributed by atoms with Crippen LogP contribution in [0.5, 0.6) is 0 Å². The summed E-state index contributed by atoms with van der Waals surface area (Å²) in [5.74, 6) is 0. The average Bonchev–Trinajstić information content (AvgIpc) is 2.57. The third-order valence-corrected chi connectivity index (χ3v) is 2.71. The summed E-state index contributed by atoms with van der Waals surface area (Å²) in [6, 6.07) is 5.69. The van der Waals surface area contributed by atoms with E-state index in [2.05, 4.69) is 25.9 Å². The number of H-pyrrole nitrogens is 1. The van der Waals surface area contributed by atoms with Crippen molar-refractivity contribution >= 4 is 27.5 Å². The van der Waals surface area contributed by atoms with Gasteiger partial charge >= 0.3 is 0 Å². The molecule has 1 aromatic carbocycles. The number of imidazole rings is 1. The number of halogens is 2. The predicted octanol–water partition coefficient (Wildman–Crippen LogP) is 3.49. The summed E-state index contributed by atoms with van der Waals surface area (Å²) in [4.78, 5) is 6.96. The molecule has 0 aliphatic carbocycles. The minimum atomic E-state index is 0.707. The number of rotatable bonds is 1. The van der Waals surface area contributed by atoms with E-state index in [0.29, 0.717) is 5.02 Å². The minimum Gasteiger partial charge on any atom is -0.345 e. The normalized spacial score (nSPS) is 10.3. The van der Waals surface area contributed by atoms with Crippen LogP contribution in [0.1, 0.15) is 0 Å². The zero-order valence-corrected chi connectivity index (χ0v) is 8.93. The molecule has 0 fully saturated rings. The highest BCUT2D eigenvalue weighted by atomic mass is 79.9. The largest absolute Gasteiger partial charge is 0.345 e. The molecule has 13 heavy (non-hydrogen) atoms. The fourth-order valence-corrected chi connectivity index (χ4v) is 2.12. The van der Waals surface area contributed by atoms with E-state index in [0.717, 1.165) is 15.7 Å². The van der Waals surface area contributed by atoms with Gasteiger partial charge in [0.2, 0.25) is 0 Å². The third-order valence-electron chi connectivity index (χ3n) is 1.73. The van der Waals surface area contributed by atoms with Crippen LogP contribution in [0.2, 0.25) is 5.02 Å². The maximum absolute atomic E-state index is 6.04. The van der Waals surface area contributed by atoms with E-state index >= 15 is 0 Å². The zero-order chi connectivity index (χ0) is 9.26. The number of nitrogens with zero attached hydrogens (tertiary/aromatic N) is 1. The smallest absolute Gasteiger partial charge is 0.0924 e. The van der Waals surface area contributed by atoms with Gasteiger partial charge in [0.15, 0.2) is 0 Å². The van der Waals surface area contributed by atoms with Crippen molar-refractivity contribution in [3.8, 4) is 11.3 Å². The van der Waals surface area contributed by atoms with Crippen LogP contribution in [0.3, 0.4) is 0 Å². The second-order valence-corrected chi connectivity index (χ2v) is 3.82. The van der Waals surface area contributed by atoms with E-state index in [4.69, 9.17) is 11.6 Å². The summed E-state index contributed by atoms with van der Waals surface area (Å²) >= 11 is 9.48. The van der Waals surface area contributed by atoms with Crippen LogP contribution in [0.4, 0.5) is 0 Å². The van der Waals surface area contributed by atoms with Crippen LogP contribution in [-0.4, -0.2) is 9.97 Å². The first-order chi connectivity index (χ1) is 6.29. The van der Waals surface area contributed by atoms with Gasteiger partial charge < -0.3 is 4.98 Å². The summed E-state index contributed by atoms with van der Waals surface area (Å²) in [6.45, 7) is 0. The molecule has 1 heterocycles. The van der Waals surface area contributed by atoms with E-state index < -0.39 is 0 Å². The molecule has 66 valence electrons. The number of aromatic nitrogens is 2. The summed E-state index contributed by atoms with van der Waals surface area (Å²) in [7, 11) is 0. The van der Waals surface area contributed by atoms with E-state index in [-0.39, 0.29) is 0 Å². The second kappa shape index (κ2) is 3.52. The summed E-state index contributed by atoms with van der Waals surface area (Å²) in [5, 5.41) is 0.707. The van der Waals surface area contributed by atoms with Crippen LogP contribution >= 0.6 is 27.5 Å². The Bertz CT molecular complexity index is 391. The Kier molecular flexibility index (Phi) is 2.38. The first kappa shape index (κ1) is 8.78. The highest BCUT2D eigenvalue weighted by molar-refractivity contribution is 9.10. The van der Waals surface area contributed by atoms with Crippen molar-refractivity contribution in [2.45, 2.75) is 0 Å². The minimum absolute atomic E-state index is 0.707. The first-order valence-electron chi connectivity index (χ1n) is 3.72. The number of benzene rings is 1. The monoisotopic (exact) mass is 256 g/mol. The van der Waals surface area contributed by atoms with Gasteiger partial charge in [0.1, 0.15) is 0 Å². The molecule has 0 bridgehead atoms. The molecule has 0 saturated heterocycles. The Labute approximate surface area is 89.1 Å². The molecule has 1 N–H and O–H groups in total. The maximum Gasteiger partial charge on any atom is 0.0924 e. The average molecular weight is 258 g/mol. The molecule has 0 spiro atoms.